The lowest BCUT2D eigenvalue weighted by Crippen LogP contribution is -2.55. The zero-order valence-electron chi connectivity index (χ0n) is 9.24. The van der Waals surface area contributed by atoms with Crippen molar-refractivity contribution in [3.8, 4) is 0 Å². The number of esters is 1. The maximum atomic E-state index is 11.6. The van der Waals surface area contributed by atoms with Crippen molar-refractivity contribution in [3.05, 3.63) is 12.7 Å². The van der Waals surface area contributed by atoms with E-state index in [1.165, 1.54) is 13.2 Å². The van der Waals surface area contributed by atoms with Gasteiger partial charge < -0.3 is 4.74 Å². The Morgan fingerprint density at radius 1 is 1.50 bits per heavy atom. The van der Waals surface area contributed by atoms with Crippen molar-refractivity contribution in [1.82, 2.24) is 0 Å². The average Bonchev–Trinajstić information content (AvgIpc) is 2.15. The fourth-order valence-electron chi connectivity index (χ4n) is 1.01. The molecule has 0 rings (SSSR count). The predicted octanol–water partition coefficient (Wildman–Crippen LogP) is 0.727. The van der Waals surface area contributed by atoms with E-state index in [1.54, 1.807) is 21.0 Å². The maximum Gasteiger partial charge on any atom is 0.364 e. The van der Waals surface area contributed by atoms with Gasteiger partial charge in [0.15, 0.2) is 6.04 Å². The second kappa shape index (κ2) is 4.91. The molecule has 4 heteroatoms. The van der Waals surface area contributed by atoms with Crippen LogP contribution >= 0.6 is 0 Å². The lowest BCUT2D eigenvalue weighted by Gasteiger charge is -2.31. The summed E-state index contributed by atoms with van der Waals surface area (Å²) in [5.74, 6) is -0.440. The molecular weight excluding hydrogens is 182 g/mol. The molecule has 1 unspecified atom stereocenters. The molecular formula is C10H18NO3+. The van der Waals surface area contributed by atoms with E-state index >= 15 is 0 Å². The number of carbonyl (C=O) groups excluding carboxylic acids is 2. The molecule has 0 radical (unpaired) electrons. The SMILES string of the molecule is C=CCC(=O)[N+](C)(C)C(C)C(=O)OC. The van der Waals surface area contributed by atoms with Crippen molar-refractivity contribution in [3.63, 3.8) is 0 Å². The van der Waals surface area contributed by atoms with Crippen molar-refractivity contribution in [2.45, 2.75) is 19.4 Å². The fraction of sp³-hybridized carbons (Fsp3) is 0.600. The van der Waals surface area contributed by atoms with Crippen LogP contribution in [0.5, 0.6) is 0 Å². The van der Waals surface area contributed by atoms with E-state index in [4.69, 9.17) is 0 Å². The summed E-state index contributed by atoms with van der Waals surface area (Å²) in [6, 6.07) is -0.493. The standard InChI is InChI=1S/C10H18NO3/c1-6-7-9(12)11(3,4)8(2)10(13)14-5/h6,8H,1,7H2,2-5H3/q+1. The molecule has 1 atom stereocenters. The fourth-order valence-corrected chi connectivity index (χ4v) is 1.01. The third-order valence-corrected chi connectivity index (χ3v) is 2.47. The van der Waals surface area contributed by atoms with Crippen LogP contribution in [-0.4, -0.2) is 43.6 Å². The van der Waals surface area contributed by atoms with Crippen LogP contribution in [0.25, 0.3) is 0 Å². The highest BCUT2D eigenvalue weighted by Gasteiger charge is 2.37. The van der Waals surface area contributed by atoms with Gasteiger partial charge in [0, 0.05) is 0 Å². The lowest BCUT2D eigenvalue weighted by atomic mass is 10.2. The minimum Gasteiger partial charge on any atom is -0.465 e. The minimum atomic E-state index is -0.493. The smallest absolute Gasteiger partial charge is 0.364 e. The van der Waals surface area contributed by atoms with E-state index in [0.29, 0.717) is 0 Å². The Morgan fingerprint density at radius 2 is 2.00 bits per heavy atom. The van der Waals surface area contributed by atoms with E-state index in [0.717, 1.165) is 0 Å². The van der Waals surface area contributed by atoms with Crippen LogP contribution in [0, 0.1) is 0 Å². The quantitative estimate of drug-likeness (QED) is 0.381. The summed E-state index contributed by atoms with van der Waals surface area (Å²) in [5.41, 5.74) is 0. The zero-order valence-corrected chi connectivity index (χ0v) is 9.24. The Balaban J connectivity index is 4.67. The highest BCUT2D eigenvalue weighted by Crippen LogP contribution is 2.11. The Morgan fingerprint density at radius 3 is 2.36 bits per heavy atom. The van der Waals surface area contributed by atoms with Crippen LogP contribution in [0.15, 0.2) is 12.7 Å². The monoisotopic (exact) mass is 200 g/mol. The lowest BCUT2D eigenvalue weighted by molar-refractivity contribution is -0.829. The van der Waals surface area contributed by atoms with Gasteiger partial charge in [-0.2, -0.15) is 0 Å². The molecule has 0 bridgehead atoms. The van der Waals surface area contributed by atoms with Gasteiger partial charge in [0.05, 0.1) is 27.6 Å². The largest absolute Gasteiger partial charge is 0.465 e. The van der Waals surface area contributed by atoms with Crippen molar-refractivity contribution in [2.24, 2.45) is 0 Å². The van der Waals surface area contributed by atoms with Crippen LogP contribution in [0.1, 0.15) is 13.3 Å². The Kier molecular flexibility index (Phi) is 4.50. The molecule has 0 N–H and O–H groups in total. The summed E-state index contributed by atoms with van der Waals surface area (Å²) in [7, 11) is 4.69. The Bertz CT molecular complexity index is 246. The molecule has 0 spiro atoms. The topological polar surface area (TPSA) is 43.4 Å². The molecule has 4 nitrogen and oxygen atoms in total. The van der Waals surface area contributed by atoms with Crippen LogP contribution in [0.3, 0.4) is 0 Å². The van der Waals surface area contributed by atoms with Gasteiger partial charge in [-0.15, -0.1) is 6.58 Å². The molecule has 1 amide bonds. The first-order chi connectivity index (χ1) is 6.37. The third kappa shape index (κ3) is 2.67. The molecule has 80 valence electrons. The summed E-state index contributed by atoms with van der Waals surface area (Å²) in [6.45, 7) is 5.16. The summed E-state index contributed by atoms with van der Waals surface area (Å²) in [6.07, 6.45) is 1.79. The number of hydrogen-bond donors (Lipinski definition) is 0. The molecule has 0 fully saturated rings. The average molecular weight is 200 g/mol. The highest BCUT2D eigenvalue weighted by molar-refractivity contribution is 5.78. The van der Waals surface area contributed by atoms with Crippen molar-refractivity contribution in [1.29, 1.82) is 0 Å². The van der Waals surface area contributed by atoms with Crippen molar-refractivity contribution in [2.75, 3.05) is 21.2 Å². The number of hydrogen-bond acceptors (Lipinski definition) is 3. The third-order valence-electron chi connectivity index (χ3n) is 2.47. The Hall–Kier alpha value is -1.16. The first-order valence-corrected chi connectivity index (χ1v) is 4.43. The number of carbonyl (C=O) groups is 2. The van der Waals surface area contributed by atoms with Gasteiger partial charge in [-0.1, -0.05) is 6.08 Å². The highest BCUT2D eigenvalue weighted by atomic mass is 16.5. The summed E-state index contributed by atoms with van der Waals surface area (Å²) < 4.78 is 4.58. The number of ether oxygens (including phenoxy) is 1. The van der Waals surface area contributed by atoms with Crippen LogP contribution in [-0.2, 0) is 14.3 Å². The maximum absolute atomic E-state index is 11.6. The molecule has 0 aliphatic heterocycles. The van der Waals surface area contributed by atoms with Gasteiger partial charge in [-0.05, 0) is 6.92 Å². The van der Waals surface area contributed by atoms with E-state index in [1.807, 2.05) is 0 Å². The second-order valence-corrected chi connectivity index (χ2v) is 3.63. The molecule has 0 saturated heterocycles. The second-order valence-electron chi connectivity index (χ2n) is 3.63. The number of quaternary nitrogens is 1. The van der Waals surface area contributed by atoms with Crippen molar-refractivity contribution >= 4 is 11.9 Å². The number of amides is 1. The first kappa shape index (κ1) is 12.8. The summed E-state index contributed by atoms with van der Waals surface area (Å²) in [4.78, 5) is 22.9. The molecule has 0 heterocycles. The molecule has 0 aliphatic carbocycles. The molecule has 0 saturated carbocycles. The normalized spacial score (nSPS) is 13.1. The number of rotatable bonds is 4. The van der Waals surface area contributed by atoms with E-state index in [-0.39, 0.29) is 22.8 Å². The minimum absolute atomic E-state index is 0.0152. The van der Waals surface area contributed by atoms with Gasteiger partial charge in [0.1, 0.15) is 0 Å². The van der Waals surface area contributed by atoms with Crippen molar-refractivity contribution < 1.29 is 18.8 Å². The molecule has 0 aliphatic rings. The van der Waals surface area contributed by atoms with Gasteiger partial charge >= 0.3 is 11.9 Å². The van der Waals surface area contributed by atoms with Gasteiger partial charge in [-0.25, -0.2) is 9.59 Å². The first-order valence-electron chi connectivity index (χ1n) is 4.43. The van der Waals surface area contributed by atoms with E-state index in [2.05, 4.69) is 11.3 Å². The van der Waals surface area contributed by atoms with Crippen LogP contribution in [0.2, 0.25) is 0 Å². The predicted molar refractivity (Wildman–Crippen MR) is 53.4 cm³/mol. The Labute approximate surface area is 84.7 Å². The molecule has 0 aromatic heterocycles. The van der Waals surface area contributed by atoms with E-state index in [9.17, 15) is 9.59 Å². The van der Waals surface area contributed by atoms with Crippen LogP contribution in [0.4, 0.5) is 0 Å². The summed E-state index contributed by atoms with van der Waals surface area (Å²) >= 11 is 0. The van der Waals surface area contributed by atoms with Gasteiger partial charge in [0.25, 0.3) is 0 Å². The van der Waals surface area contributed by atoms with Crippen LogP contribution < -0.4 is 0 Å². The summed E-state index contributed by atoms with van der Waals surface area (Å²) in [5, 5.41) is 0. The van der Waals surface area contributed by atoms with Gasteiger partial charge in [-0.3, -0.25) is 4.48 Å². The number of nitrogens with zero attached hydrogens (tertiary/aromatic N) is 1. The molecule has 14 heavy (non-hydrogen) atoms. The number of likely N-dealkylation sites (N-methyl/N-ethyl adjacent to an activating group) is 1. The zero-order chi connectivity index (χ0) is 11.4. The van der Waals surface area contributed by atoms with Gasteiger partial charge in [0.2, 0.25) is 0 Å². The van der Waals surface area contributed by atoms with E-state index < -0.39 is 6.04 Å². The molecule has 0 aromatic rings. The number of methoxy groups -OCH3 is 1. The molecule has 0 aromatic carbocycles.